The van der Waals surface area contributed by atoms with Crippen LogP contribution < -0.4 is 0 Å². The van der Waals surface area contributed by atoms with Crippen LogP contribution >= 0.6 is 15.6 Å². The van der Waals surface area contributed by atoms with Gasteiger partial charge >= 0.3 is 39.5 Å². The van der Waals surface area contributed by atoms with Crippen molar-refractivity contribution in [3.63, 3.8) is 0 Å². The molecule has 0 aliphatic heterocycles. The van der Waals surface area contributed by atoms with E-state index < -0.39 is 97.5 Å². The minimum Gasteiger partial charge on any atom is -0.462 e. The highest BCUT2D eigenvalue weighted by Crippen LogP contribution is 2.45. The first-order valence-electron chi connectivity index (χ1n) is 38.8. The summed E-state index contributed by atoms with van der Waals surface area (Å²) in [5.74, 6) is -2.11. The summed E-state index contributed by atoms with van der Waals surface area (Å²) in [6, 6.07) is 0. The van der Waals surface area contributed by atoms with Crippen LogP contribution in [0.4, 0.5) is 0 Å². The summed E-state index contributed by atoms with van der Waals surface area (Å²) in [5, 5.41) is 10.6. The number of phosphoric ester groups is 2. The highest BCUT2D eigenvalue weighted by molar-refractivity contribution is 7.47. The molecule has 0 aromatic rings. The molecule has 0 aromatic carbocycles. The van der Waals surface area contributed by atoms with Crippen molar-refractivity contribution < 1.29 is 80.2 Å². The van der Waals surface area contributed by atoms with Gasteiger partial charge in [0, 0.05) is 25.7 Å². The average Bonchev–Trinajstić information content (AvgIpc) is 3.39. The Morgan fingerprint density at radius 3 is 0.634 bits per heavy atom. The van der Waals surface area contributed by atoms with E-state index in [1.165, 1.54) is 225 Å². The second kappa shape index (κ2) is 68.6. The zero-order chi connectivity index (χ0) is 68.2. The Morgan fingerprint density at radius 1 is 0.258 bits per heavy atom. The maximum absolute atomic E-state index is 13.1. The van der Waals surface area contributed by atoms with Gasteiger partial charge in [0.05, 0.1) is 26.4 Å². The van der Waals surface area contributed by atoms with Crippen LogP contribution in [0.15, 0.2) is 0 Å². The Kier molecular flexibility index (Phi) is 67.1. The Morgan fingerprint density at radius 2 is 0.430 bits per heavy atom. The number of unbranched alkanes of at least 4 members (excludes halogenated alkanes) is 49. The number of aliphatic hydroxyl groups is 1. The molecule has 0 amide bonds. The molecule has 0 aromatic heterocycles. The molecule has 17 nitrogen and oxygen atoms in total. The number of carbonyl (C=O) groups excluding carboxylic acids is 4. The van der Waals surface area contributed by atoms with Crippen molar-refractivity contribution in [3.8, 4) is 0 Å². The van der Waals surface area contributed by atoms with Crippen LogP contribution in [0.3, 0.4) is 0 Å². The SMILES string of the molecule is CCCCCCCCCCCCCCCCCCCCC(=O)O[C@H](COC(=O)CCCCCCCCCCCCCCC)COP(=O)(O)OC[C@@H](O)COP(=O)(O)OC[C@@H](COC(=O)CCCCCCCCCCC)OC(=O)CCCCCCCCCCCCCCC. The largest absolute Gasteiger partial charge is 0.472 e. The van der Waals surface area contributed by atoms with Gasteiger partial charge in [-0.2, -0.15) is 0 Å². The van der Waals surface area contributed by atoms with Gasteiger partial charge in [-0.05, 0) is 25.7 Å². The van der Waals surface area contributed by atoms with Crippen LogP contribution in [0.1, 0.15) is 394 Å². The van der Waals surface area contributed by atoms with Crippen molar-refractivity contribution in [2.75, 3.05) is 39.6 Å². The lowest BCUT2D eigenvalue weighted by molar-refractivity contribution is -0.161. The van der Waals surface area contributed by atoms with Crippen LogP contribution in [0.25, 0.3) is 0 Å². The first-order chi connectivity index (χ1) is 45.2. The molecule has 0 saturated carbocycles. The van der Waals surface area contributed by atoms with E-state index in [1.54, 1.807) is 0 Å². The number of hydrogen-bond acceptors (Lipinski definition) is 15. The summed E-state index contributed by atoms with van der Waals surface area (Å²) < 4.78 is 68.4. The molecular formula is C74H144O17P2. The van der Waals surface area contributed by atoms with Crippen molar-refractivity contribution >= 4 is 39.5 Å². The van der Waals surface area contributed by atoms with E-state index in [1.807, 2.05) is 0 Å². The van der Waals surface area contributed by atoms with Gasteiger partial charge in [0.1, 0.15) is 19.3 Å². The van der Waals surface area contributed by atoms with Crippen LogP contribution in [0.2, 0.25) is 0 Å². The summed E-state index contributed by atoms with van der Waals surface area (Å²) in [4.78, 5) is 72.7. The van der Waals surface area contributed by atoms with Crippen molar-refractivity contribution in [2.45, 2.75) is 412 Å². The molecule has 2 unspecified atom stereocenters. The van der Waals surface area contributed by atoms with Crippen LogP contribution in [0.5, 0.6) is 0 Å². The van der Waals surface area contributed by atoms with Crippen molar-refractivity contribution in [1.29, 1.82) is 0 Å². The molecule has 0 saturated heterocycles. The second-order valence-corrected chi connectivity index (χ2v) is 29.6. The zero-order valence-corrected chi connectivity index (χ0v) is 62.0. The third-order valence-electron chi connectivity index (χ3n) is 17.4. The lowest BCUT2D eigenvalue weighted by Crippen LogP contribution is -2.30. The fourth-order valence-electron chi connectivity index (χ4n) is 11.4. The lowest BCUT2D eigenvalue weighted by atomic mass is 10.0. The standard InChI is InChI=1S/C74H144O17P2/c1-5-9-13-17-21-25-28-31-32-33-34-35-38-41-45-49-53-57-61-74(79)91-70(65-85-72(77)59-55-51-47-43-39-36-29-26-22-18-14-10-6-2)67-89-93(82,83)87-63-68(75)62-86-92(80,81)88-66-69(64-84-71(76)58-54-50-46-42-24-20-16-12-8-4)90-73(78)60-56-52-48-44-40-37-30-27-23-19-15-11-7-3/h68-70,75H,5-67H2,1-4H3,(H,80,81)(H,82,83)/t68-,69+,70+/m0/s1. The highest BCUT2D eigenvalue weighted by atomic mass is 31.2. The average molecular weight is 1370 g/mol. The van der Waals surface area contributed by atoms with E-state index in [0.29, 0.717) is 25.7 Å². The van der Waals surface area contributed by atoms with Gasteiger partial charge < -0.3 is 33.8 Å². The van der Waals surface area contributed by atoms with Gasteiger partial charge in [-0.15, -0.1) is 0 Å². The van der Waals surface area contributed by atoms with Gasteiger partial charge in [-0.1, -0.05) is 342 Å². The molecule has 0 radical (unpaired) electrons. The number of rotatable bonds is 75. The van der Waals surface area contributed by atoms with Crippen molar-refractivity contribution in [2.24, 2.45) is 0 Å². The van der Waals surface area contributed by atoms with Gasteiger partial charge in [0.15, 0.2) is 12.2 Å². The molecule has 552 valence electrons. The molecule has 0 rings (SSSR count). The van der Waals surface area contributed by atoms with Gasteiger partial charge in [0.25, 0.3) is 0 Å². The minimum absolute atomic E-state index is 0.108. The number of ether oxygens (including phenoxy) is 4. The monoisotopic (exact) mass is 1370 g/mol. The van der Waals surface area contributed by atoms with Gasteiger partial charge in [0.2, 0.25) is 0 Å². The number of aliphatic hydroxyl groups excluding tert-OH is 1. The Hall–Kier alpha value is -1.94. The van der Waals surface area contributed by atoms with E-state index in [2.05, 4.69) is 27.7 Å². The number of phosphoric acid groups is 2. The third kappa shape index (κ3) is 68.4. The molecule has 3 N–H and O–H groups in total. The molecule has 19 heteroatoms. The minimum atomic E-state index is -4.95. The molecule has 0 fully saturated rings. The van der Waals surface area contributed by atoms with Gasteiger partial charge in [-0.25, -0.2) is 9.13 Å². The van der Waals surface area contributed by atoms with E-state index in [0.717, 1.165) is 89.9 Å². The fraction of sp³-hybridized carbons (Fsp3) is 0.946. The Bertz CT molecular complexity index is 1770. The summed E-state index contributed by atoms with van der Waals surface area (Å²) in [6.07, 6.45) is 58.1. The predicted octanol–water partition coefficient (Wildman–Crippen LogP) is 21.8. The summed E-state index contributed by atoms with van der Waals surface area (Å²) >= 11 is 0. The molecule has 0 bridgehead atoms. The normalized spacial score (nSPS) is 13.9. The van der Waals surface area contributed by atoms with Crippen LogP contribution in [-0.2, 0) is 65.4 Å². The van der Waals surface area contributed by atoms with E-state index >= 15 is 0 Å². The molecule has 0 spiro atoms. The fourth-order valence-corrected chi connectivity index (χ4v) is 13.0. The maximum atomic E-state index is 13.1. The first-order valence-corrected chi connectivity index (χ1v) is 41.8. The van der Waals surface area contributed by atoms with E-state index in [-0.39, 0.29) is 25.7 Å². The number of hydrogen-bond donors (Lipinski definition) is 3. The zero-order valence-electron chi connectivity index (χ0n) is 60.2. The van der Waals surface area contributed by atoms with Crippen LogP contribution in [-0.4, -0.2) is 96.7 Å². The molecule has 93 heavy (non-hydrogen) atoms. The predicted molar refractivity (Wildman–Crippen MR) is 377 cm³/mol. The van der Waals surface area contributed by atoms with Crippen molar-refractivity contribution in [1.82, 2.24) is 0 Å². The highest BCUT2D eigenvalue weighted by Gasteiger charge is 2.30. The summed E-state index contributed by atoms with van der Waals surface area (Å²) in [5.41, 5.74) is 0. The third-order valence-corrected chi connectivity index (χ3v) is 19.3. The Labute approximate surface area is 568 Å². The molecule has 0 aliphatic rings. The van der Waals surface area contributed by atoms with Crippen molar-refractivity contribution in [3.05, 3.63) is 0 Å². The molecule has 5 atom stereocenters. The maximum Gasteiger partial charge on any atom is 0.472 e. The summed E-state index contributed by atoms with van der Waals surface area (Å²) in [7, 11) is -9.90. The number of esters is 4. The van der Waals surface area contributed by atoms with Crippen LogP contribution in [0, 0.1) is 0 Å². The first kappa shape index (κ1) is 91.1. The molecule has 0 heterocycles. The molecular weight excluding hydrogens is 1220 g/mol. The smallest absolute Gasteiger partial charge is 0.462 e. The number of carbonyl (C=O) groups is 4. The van der Waals surface area contributed by atoms with E-state index in [4.69, 9.17) is 37.0 Å². The summed E-state index contributed by atoms with van der Waals surface area (Å²) in [6.45, 7) is 4.97. The quantitative estimate of drug-likeness (QED) is 0.0222. The lowest BCUT2D eigenvalue weighted by Gasteiger charge is -2.21. The van der Waals surface area contributed by atoms with E-state index in [9.17, 15) is 43.2 Å². The topological polar surface area (TPSA) is 237 Å². The Balaban J connectivity index is 5.22. The second-order valence-electron chi connectivity index (χ2n) is 26.7. The molecule has 0 aliphatic carbocycles. The van der Waals surface area contributed by atoms with Gasteiger partial charge in [-0.3, -0.25) is 37.3 Å².